The molecule has 28 heavy (non-hydrogen) atoms. The van der Waals surface area contributed by atoms with Gasteiger partial charge in [0.15, 0.2) is 0 Å². The molecule has 0 aliphatic carbocycles. The van der Waals surface area contributed by atoms with Crippen LogP contribution in [0.25, 0.3) is 0 Å². The third kappa shape index (κ3) is 2.63. The zero-order valence-electron chi connectivity index (χ0n) is 16.0. The summed E-state index contributed by atoms with van der Waals surface area (Å²) in [5.41, 5.74) is 0.597. The molecule has 0 saturated carbocycles. The Balaban J connectivity index is 1.72. The van der Waals surface area contributed by atoms with E-state index >= 15 is 0 Å². The molecule has 2 aromatic rings. The number of benzene rings is 1. The Morgan fingerprint density at radius 2 is 2.07 bits per heavy atom. The van der Waals surface area contributed by atoms with Crippen molar-refractivity contribution in [2.75, 3.05) is 14.2 Å². The van der Waals surface area contributed by atoms with E-state index in [0.29, 0.717) is 6.54 Å². The van der Waals surface area contributed by atoms with Crippen molar-refractivity contribution in [2.24, 2.45) is 11.8 Å². The summed E-state index contributed by atoms with van der Waals surface area (Å²) >= 11 is 0. The van der Waals surface area contributed by atoms with Crippen molar-refractivity contribution in [3.63, 3.8) is 0 Å². The number of esters is 1. The first kappa shape index (κ1) is 18.4. The number of carbonyl (C=O) groups excluding carboxylic acids is 3. The van der Waals surface area contributed by atoms with Gasteiger partial charge in [0.1, 0.15) is 5.54 Å². The molecule has 0 unspecified atom stereocenters. The molecule has 0 bridgehead atoms. The van der Waals surface area contributed by atoms with E-state index in [-0.39, 0.29) is 11.8 Å². The van der Waals surface area contributed by atoms with Gasteiger partial charge in [0.05, 0.1) is 25.5 Å². The molecule has 4 atom stereocenters. The molecule has 4 rings (SSSR count). The van der Waals surface area contributed by atoms with E-state index < -0.39 is 29.4 Å². The zero-order chi connectivity index (χ0) is 20.1. The molecular formula is C20H22N4O4. The van der Waals surface area contributed by atoms with Crippen LogP contribution in [0.15, 0.2) is 42.7 Å². The van der Waals surface area contributed by atoms with E-state index in [9.17, 15) is 14.4 Å². The number of amides is 2. The number of hydrogen-bond donors (Lipinski definition) is 1. The molecule has 1 N–H and O–H groups in total. The Hall–Kier alpha value is -3.00. The van der Waals surface area contributed by atoms with Gasteiger partial charge in [-0.05, 0) is 24.1 Å². The number of imide groups is 1. The molecule has 2 fully saturated rings. The van der Waals surface area contributed by atoms with Gasteiger partial charge in [-0.2, -0.15) is 5.10 Å². The van der Waals surface area contributed by atoms with Gasteiger partial charge in [0.25, 0.3) is 0 Å². The van der Waals surface area contributed by atoms with Gasteiger partial charge in [0, 0.05) is 25.5 Å². The van der Waals surface area contributed by atoms with Crippen molar-refractivity contribution in [1.29, 1.82) is 0 Å². The van der Waals surface area contributed by atoms with E-state index in [2.05, 4.69) is 10.4 Å². The molecule has 2 aliphatic rings. The topological polar surface area (TPSA) is 93.5 Å². The maximum atomic E-state index is 12.8. The highest BCUT2D eigenvalue weighted by atomic mass is 16.5. The van der Waals surface area contributed by atoms with E-state index in [1.54, 1.807) is 17.8 Å². The molecule has 2 saturated heterocycles. The Morgan fingerprint density at radius 1 is 1.29 bits per heavy atom. The second kappa shape index (κ2) is 6.56. The van der Waals surface area contributed by atoms with Crippen LogP contribution in [0.5, 0.6) is 0 Å². The first-order valence-corrected chi connectivity index (χ1v) is 9.10. The second-order valence-corrected chi connectivity index (χ2v) is 7.50. The van der Waals surface area contributed by atoms with Gasteiger partial charge in [-0.3, -0.25) is 29.3 Å². The predicted octanol–water partition coefficient (Wildman–Crippen LogP) is 0.738. The highest BCUT2D eigenvalue weighted by Crippen LogP contribution is 2.48. The molecule has 1 aromatic heterocycles. The number of fused-ring (bicyclic) bond motifs is 1. The normalized spacial score (nSPS) is 29.2. The largest absolute Gasteiger partial charge is 0.468 e. The number of nitrogens with zero attached hydrogens (tertiary/aromatic N) is 3. The number of aromatic nitrogens is 2. The number of likely N-dealkylation sites (tertiary alicyclic amines) is 1. The average molecular weight is 382 g/mol. The molecule has 8 heteroatoms. The molecule has 0 spiro atoms. The molecule has 3 heterocycles. The third-order valence-corrected chi connectivity index (χ3v) is 5.83. The van der Waals surface area contributed by atoms with Crippen LogP contribution in [-0.2, 0) is 25.7 Å². The lowest BCUT2D eigenvalue weighted by molar-refractivity contribution is -0.152. The smallest absolute Gasteiger partial charge is 0.326 e. The summed E-state index contributed by atoms with van der Waals surface area (Å²) in [5.74, 6) is -2.63. The summed E-state index contributed by atoms with van der Waals surface area (Å²) in [7, 11) is 2.75. The Morgan fingerprint density at radius 3 is 2.75 bits per heavy atom. The van der Waals surface area contributed by atoms with E-state index in [1.165, 1.54) is 14.2 Å². The zero-order valence-corrected chi connectivity index (χ0v) is 16.0. The van der Waals surface area contributed by atoms with Crippen molar-refractivity contribution in [3.8, 4) is 0 Å². The van der Waals surface area contributed by atoms with Crippen LogP contribution < -0.4 is 5.32 Å². The summed E-state index contributed by atoms with van der Waals surface area (Å²) in [4.78, 5) is 39.2. The fraction of sp³-hybridized carbons (Fsp3) is 0.400. The Bertz CT molecular complexity index is 941. The van der Waals surface area contributed by atoms with Crippen LogP contribution in [-0.4, -0.2) is 52.2 Å². The van der Waals surface area contributed by atoms with Gasteiger partial charge in [-0.25, -0.2) is 0 Å². The Kier molecular flexibility index (Phi) is 4.30. The fourth-order valence-corrected chi connectivity index (χ4v) is 4.44. The average Bonchev–Trinajstić information content (AvgIpc) is 3.37. The summed E-state index contributed by atoms with van der Waals surface area (Å²) in [6, 6.07) is 9.16. The molecule has 8 nitrogen and oxygen atoms in total. The monoisotopic (exact) mass is 382 g/mol. The molecule has 2 aliphatic heterocycles. The van der Waals surface area contributed by atoms with Gasteiger partial charge in [-0.15, -0.1) is 0 Å². The minimum Gasteiger partial charge on any atom is -0.468 e. The fourth-order valence-electron chi connectivity index (χ4n) is 4.44. The lowest BCUT2D eigenvalue weighted by Crippen LogP contribution is -2.53. The van der Waals surface area contributed by atoms with Crippen LogP contribution in [0.4, 0.5) is 0 Å². The summed E-state index contributed by atoms with van der Waals surface area (Å²) in [6.07, 6.45) is 3.59. The van der Waals surface area contributed by atoms with Crippen LogP contribution in [0.2, 0.25) is 0 Å². The van der Waals surface area contributed by atoms with Crippen LogP contribution in [0.3, 0.4) is 0 Å². The van der Waals surface area contributed by atoms with Crippen LogP contribution >= 0.6 is 0 Å². The number of ether oxygens (including phenoxy) is 1. The van der Waals surface area contributed by atoms with Gasteiger partial charge >= 0.3 is 5.97 Å². The van der Waals surface area contributed by atoms with Crippen LogP contribution in [0, 0.1) is 11.8 Å². The molecule has 2 amide bonds. The summed E-state index contributed by atoms with van der Waals surface area (Å²) < 4.78 is 6.75. The summed E-state index contributed by atoms with van der Waals surface area (Å²) in [5, 5.41) is 7.45. The third-order valence-electron chi connectivity index (χ3n) is 5.83. The van der Waals surface area contributed by atoms with E-state index in [4.69, 9.17) is 4.74 Å². The summed E-state index contributed by atoms with van der Waals surface area (Å²) in [6.45, 7) is 2.22. The second-order valence-electron chi connectivity index (χ2n) is 7.50. The lowest BCUT2D eigenvalue weighted by atomic mass is 9.80. The van der Waals surface area contributed by atoms with Crippen molar-refractivity contribution >= 4 is 17.8 Å². The van der Waals surface area contributed by atoms with Gasteiger partial charge in [0.2, 0.25) is 11.8 Å². The minimum absolute atomic E-state index is 0.280. The highest BCUT2D eigenvalue weighted by Gasteiger charge is 2.66. The van der Waals surface area contributed by atoms with E-state index in [0.717, 1.165) is 16.0 Å². The predicted molar refractivity (Wildman–Crippen MR) is 98.8 cm³/mol. The van der Waals surface area contributed by atoms with Gasteiger partial charge in [-0.1, -0.05) is 24.3 Å². The number of nitrogens with one attached hydrogen (secondary N) is 1. The Labute approximate surface area is 162 Å². The lowest BCUT2D eigenvalue weighted by Gasteiger charge is -2.28. The minimum atomic E-state index is -1.26. The molecular weight excluding hydrogens is 360 g/mol. The maximum Gasteiger partial charge on any atom is 0.326 e. The van der Waals surface area contributed by atoms with Crippen LogP contribution in [0.1, 0.15) is 24.1 Å². The SMILES string of the molecule is COC(=O)[C@]1(C)N[C@H](c2cccc(Cn3cccn3)c2)[C@@H]2C(=O)N(C)C(=O)[C@@H]21. The highest BCUT2D eigenvalue weighted by molar-refractivity contribution is 6.09. The number of hydrogen-bond acceptors (Lipinski definition) is 6. The number of rotatable bonds is 4. The maximum absolute atomic E-state index is 12.8. The first-order chi connectivity index (χ1) is 13.4. The number of carbonyl (C=O) groups is 3. The molecule has 146 valence electrons. The van der Waals surface area contributed by atoms with Crippen molar-refractivity contribution in [2.45, 2.75) is 25.0 Å². The number of methoxy groups -OCH3 is 1. The molecule has 0 radical (unpaired) electrons. The quantitative estimate of drug-likeness (QED) is 0.619. The standard InChI is InChI=1S/C20H22N4O4/c1-20(19(27)28-3)15-14(17(25)23(2)18(15)26)16(22-20)13-7-4-6-12(10-13)11-24-9-5-8-21-24/h4-10,14-16,22H,11H2,1-3H3/t14-,15-,16-,20-/m1/s1. The van der Waals surface area contributed by atoms with E-state index in [1.807, 2.05) is 36.5 Å². The van der Waals surface area contributed by atoms with Gasteiger partial charge < -0.3 is 4.74 Å². The van der Waals surface area contributed by atoms with Crippen molar-refractivity contribution in [3.05, 3.63) is 53.9 Å². The first-order valence-electron chi connectivity index (χ1n) is 9.10. The van der Waals surface area contributed by atoms with Crippen molar-refractivity contribution in [1.82, 2.24) is 20.0 Å². The molecule has 1 aromatic carbocycles. The van der Waals surface area contributed by atoms with Crippen molar-refractivity contribution < 1.29 is 19.1 Å².